The van der Waals surface area contributed by atoms with Crippen LogP contribution < -0.4 is 9.47 Å². The van der Waals surface area contributed by atoms with E-state index in [0.29, 0.717) is 30.0 Å². The normalized spacial score (nSPS) is 10.9. The molecule has 6 nitrogen and oxygen atoms in total. The molecule has 1 aromatic heterocycles. The lowest BCUT2D eigenvalue weighted by molar-refractivity contribution is -0.143. The Morgan fingerprint density at radius 1 is 1.22 bits per heavy atom. The Kier molecular flexibility index (Phi) is 7.98. The van der Waals surface area contributed by atoms with Crippen LogP contribution in [0.25, 0.3) is 0 Å². The lowest BCUT2D eigenvalue weighted by atomic mass is 10.1. The van der Waals surface area contributed by atoms with Gasteiger partial charge in [-0.05, 0) is 31.0 Å². The van der Waals surface area contributed by atoms with Gasteiger partial charge in [0.25, 0.3) is 0 Å². The number of carbonyl (C=O) groups is 1. The summed E-state index contributed by atoms with van der Waals surface area (Å²) in [7, 11) is 1.32. The van der Waals surface area contributed by atoms with Crippen molar-refractivity contribution in [3.63, 3.8) is 0 Å². The Morgan fingerprint density at radius 3 is 2.63 bits per heavy atom. The quantitative estimate of drug-likeness (QED) is 0.563. The van der Waals surface area contributed by atoms with Crippen molar-refractivity contribution in [2.45, 2.75) is 40.2 Å². The minimum atomic E-state index is -0.450. The summed E-state index contributed by atoms with van der Waals surface area (Å²) in [4.78, 5) is 11.2. The maximum absolute atomic E-state index is 11.2. The van der Waals surface area contributed by atoms with Gasteiger partial charge in [0.2, 0.25) is 5.88 Å². The summed E-state index contributed by atoms with van der Waals surface area (Å²) < 4.78 is 17.8. The van der Waals surface area contributed by atoms with Crippen molar-refractivity contribution >= 4 is 17.6 Å². The van der Waals surface area contributed by atoms with E-state index in [1.54, 1.807) is 10.7 Å². The molecule has 0 bridgehead atoms. The Morgan fingerprint density at radius 2 is 1.96 bits per heavy atom. The maximum Gasteiger partial charge on any atom is 0.343 e. The monoisotopic (exact) mass is 394 g/mol. The highest BCUT2D eigenvalue weighted by molar-refractivity contribution is 6.30. The van der Waals surface area contributed by atoms with E-state index in [0.717, 1.165) is 29.8 Å². The number of carbonyl (C=O) groups excluding carboxylic acids is 1. The molecule has 0 saturated carbocycles. The predicted octanol–water partition coefficient (Wildman–Crippen LogP) is 4.26. The molecule has 0 spiro atoms. The van der Waals surface area contributed by atoms with Crippen molar-refractivity contribution in [2.75, 3.05) is 20.3 Å². The van der Waals surface area contributed by atoms with E-state index in [-0.39, 0.29) is 6.61 Å². The summed E-state index contributed by atoms with van der Waals surface area (Å²) in [6, 6.07) is 7.39. The summed E-state index contributed by atoms with van der Waals surface area (Å²) in [5.41, 5.74) is 1.85. The lowest BCUT2D eigenvalue weighted by Gasteiger charge is -2.17. The zero-order valence-electron chi connectivity index (χ0n) is 16.3. The van der Waals surface area contributed by atoms with Crippen LogP contribution in [0.15, 0.2) is 24.3 Å². The Hall–Kier alpha value is -2.21. The average molecular weight is 395 g/mol. The zero-order valence-corrected chi connectivity index (χ0v) is 17.1. The van der Waals surface area contributed by atoms with Crippen LogP contribution in [0.3, 0.4) is 0 Å². The highest BCUT2D eigenvalue weighted by Gasteiger charge is 2.13. The standard InChI is InChI=1S/C20H27ClN2O4/c1-5-15(6-2)12-26-18-8-7-17(21)10-16(18)11-23-14(3)9-19(22-23)27-13-20(24)25-4/h7-10,15H,5-6,11-13H2,1-4H3. The summed E-state index contributed by atoms with van der Waals surface area (Å²) in [6.45, 7) is 7.26. The third kappa shape index (κ3) is 6.17. The van der Waals surface area contributed by atoms with Gasteiger partial charge in [0.1, 0.15) is 5.75 Å². The van der Waals surface area contributed by atoms with Gasteiger partial charge in [-0.1, -0.05) is 38.3 Å². The van der Waals surface area contributed by atoms with Crippen LogP contribution in [-0.2, 0) is 16.1 Å². The van der Waals surface area contributed by atoms with Gasteiger partial charge in [-0.25, -0.2) is 4.79 Å². The molecule has 0 fully saturated rings. The molecule has 0 radical (unpaired) electrons. The van der Waals surface area contributed by atoms with Crippen LogP contribution in [-0.4, -0.2) is 36.1 Å². The molecule has 0 N–H and O–H groups in total. The highest BCUT2D eigenvalue weighted by atomic mass is 35.5. The number of hydrogen-bond donors (Lipinski definition) is 0. The number of hydrogen-bond acceptors (Lipinski definition) is 5. The van der Waals surface area contributed by atoms with E-state index in [2.05, 4.69) is 23.7 Å². The molecule has 0 amide bonds. The van der Waals surface area contributed by atoms with Gasteiger partial charge in [-0.2, -0.15) is 0 Å². The number of aromatic nitrogens is 2. The van der Waals surface area contributed by atoms with E-state index in [1.807, 2.05) is 25.1 Å². The summed E-state index contributed by atoms with van der Waals surface area (Å²) in [5, 5.41) is 5.04. The van der Waals surface area contributed by atoms with E-state index in [4.69, 9.17) is 21.1 Å². The number of methoxy groups -OCH3 is 1. The van der Waals surface area contributed by atoms with Crippen molar-refractivity contribution in [3.8, 4) is 11.6 Å². The van der Waals surface area contributed by atoms with Crippen molar-refractivity contribution in [3.05, 3.63) is 40.5 Å². The second-order valence-corrected chi connectivity index (χ2v) is 6.83. The van der Waals surface area contributed by atoms with Gasteiger partial charge in [-0.3, -0.25) is 4.68 Å². The van der Waals surface area contributed by atoms with Crippen LogP contribution in [0.5, 0.6) is 11.6 Å². The van der Waals surface area contributed by atoms with Gasteiger partial charge in [0.15, 0.2) is 6.61 Å². The van der Waals surface area contributed by atoms with Crippen molar-refractivity contribution < 1.29 is 19.0 Å². The molecule has 1 aromatic carbocycles. The SMILES string of the molecule is CCC(CC)COc1ccc(Cl)cc1Cn1nc(OCC(=O)OC)cc1C. The predicted molar refractivity (Wildman–Crippen MR) is 105 cm³/mol. The first-order valence-corrected chi connectivity index (χ1v) is 9.49. The van der Waals surface area contributed by atoms with E-state index in [1.165, 1.54) is 7.11 Å². The molecule has 27 heavy (non-hydrogen) atoms. The van der Waals surface area contributed by atoms with Crippen LogP contribution in [0.1, 0.15) is 37.9 Å². The largest absolute Gasteiger partial charge is 0.493 e. The molecule has 7 heteroatoms. The summed E-state index contributed by atoms with van der Waals surface area (Å²) >= 11 is 6.18. The molecule has 0 aliphatic carbocycles. The topological polar surface area (TPSA) is 62.6 Å². The Balaban J connectivity index is 2.13. The number of aryl methyl sites for hydroxylation is 1. The molecule has 2 aromatic rings. The van der Waals surface area contributed by atoms with Crippen LogP contribution >= 0.6 is 11.6 Å². The average Bonchev–Trinajstić information content (AvgIpc) is 3.01. The highest BCUT2D eigenvalue weighted by Crippen LogP contribution is 2.26. The fourth-order valence-corrected chi connectivity index (χ4v) is 2.80. The van der Waals surface area contributed by atoms with Crippen LogP contribution in [0.2, 0.25) is 5.02 Å². The first-order valence-electron chi connectivity index (χ1n) is 9.12. The molecule has 2 rings (SSSR count). The van der Waals surface area contributed by atoms with Crippen LogP contribution in [0, 0.1) is 12.8 Å². The molecule has 1 heterocycles. The minimum Gasteiger partial charge on any atom is -0.493 e. The van der Waals surface area contributed by atoms with Gasteiger partial charge in [0.05, 0.1) is 20.3 Å². The number of benzene rings is 1. The molecular formula is C20H27ClN2O4. The van der Waals surface area contributed by atoms with E-state index < -0.39 is 5.97 Å². The first-order chi connectivity index (χ1) is 13.0. The Labute approximate surface area is 165 Å². The van der Waals surface area contributed by atoms with Crippen LogP contribution in [0.4, 0.5) is 0 Å². The third-order valence-corrected chi connectivity index (χ3v) is 4.73. The van der Waals surface area contributed by atoms with E-state index in [9.17, 15) is 4.79 Å². The smallest absolute Gasteiger partial charge is 0.343 e. The maximum atomic E-state index is 11.2. The lowest BCUT2D eigenvalue weighted by Crippen LogP contribution is -2.13. The van der Waals surface area contributed by atoms with Crippen molar-refractivity contribution in [1.29, 1.82) is 0 Å². The van der Waals surface area contributed by atoms with Gasteiger partial charge in [-0.15, -0.1) is 5.10 Å². The molecule has 0 aliphatic heterocycles. The number of halogens is 1. The van der Waals surface area contributed by atoms with Crippen molar-refractivity contribution in [1.82, 2.24) is 9.78 Å². The summed E-state index contributed by atoms with van der Waals surface area (Å²) in [6.07, 6.45) is 2.16. The number of nitrogens with zero attached hydrogens (tertiary/aromatic N) is 2. The van der Waals surface area contributed by atoms with Gasteiger partial charge >= 0.3 is 5.97 Å². The fraction of sp³-hybridized carbons (Fsp3) is 0.500. The summed E-state index contributed by atoms with van der Waals surface area (Å²) in [5.74, 6) is 1.25. The second kappa shape index (κ2) is 10.2. The Bertz CT molecular complexity index is 756. The van der Waals surface area contributed by atoms with Crippen molar-refractivity contribution in [2.24, 2.45) is 5.92 Å². The molecule has 0 unspecified atom stereocenters. The van der Waals surface area contributed by atoms with Gasteiger partial charge in [0, 0.05) is 22.3 Å². The molecule has 0 saturated heterocycles. The zero-order chi connectivity index (χ0) is 19.8. The molecular weight excluding hydrogens is 368 g/mol. The van der Waals surface area contributed by atoms with E-state index >= 15 is 0 Å². The number of esters is 1. The number of rotatable bonds is 10. The second-order valence-electron chi connectivity index (χ2n) is 6.39. The molecule has 0 atom stereocenters. The molecule has 148 valence electrons. The first kappa shape index (κ1) is 21.1. The third-order valence-electron chi connectivity index (χ3n) is 4.50. The number of ether oxygens (including phenoxy) is 3. The van der Waals surface area contributed by atoms with Gasteiger partial charge < -0.3 is 14.2 Å². The minimum absolute atomic E-state index is 0.173. The molecule has 0 aliphatic rings. The fourth-order valence-electron chi connectivity index (χ4n) is 2.61.